The fourth-order valence-corrected chi connectivity index (χ4v) is 8.89. The number of hydrogen-bond acceptors (Lipinski definition) is 4. The molecule has 66 heavy (non-hydrogen) atoms. The van der Waals surface area contributed by atoms with Gasteiger partial charge in [0.25, 0.3) is 0 Å². The minimum atomic E-state index is 0.623. The molecule has 0 saturated heterocycles. The average molecular weight is 843 g/mol. The van der Waals surface area contributed by atoms with Crippen molar-refractivity contribution in [2.75, 3.05) is 0 Å². The summed E-state index contributed by atoms with van der Waals surface area (Å²) in [5.74, 6) is 1.25. The lowest BCUT2D eigenvalue weighted by atomic mass is 9.78. The van der Waals surface area contributed by atoms with Gasteiger partial charge in [-0.3, -0.25) is 0 Å². The SMILES string of the molecule is c1ccc(-c2cnc(-c3cc(-c4cccc(-c5cc(-c6ccccc6)c(-c6ccccc6)c(-c6ccccc6)c5-c5ccccc5)c4)cc(-c4ncc(-c5ccccc5)cn4)c3)nc2)cc1. The molecule has 0 amide bonds. The predicted molar refractivity (Wildman–Crippen MR) is 272 cm³/mol. The van der Waals surface area contributed by atoms with Gasteiger partial charge >= 0.3 is 0 Å². The maximum absolute atomic E-state index is 4.92. The molecule has 0 unspecified atom stereocenters. The molecule has 2 aromatic heterocycles. The second kappa shape index (κ2) is 18.1. The first kappa shape index (κ1) is 40.0. The van der Waals surface area contributed by atoms with E-state index in [2.05, 4.69) is 194 Å². The fourth-order valence-electron chi connectivity index (χ4n) is 8.89. The van der Waals surface area contributed by atoms with Crippen LogP contribution in [0.25, 0.3) is 112 Å². The highest BCUT2D eigenvalue weighted by atomic mass is 14.9. The van der Waals surface area contributed by atoms with Crippen molar-refractivity contribution in [3.8, 4) is 112 Å². The molecule has 0 aliphatic heterocycles. The second-order valence-electron chi connectivity index (χ2n) is 16.3. The summed E-state index contributed by atoms with van der Waals surface area (Å²) in [6, 6.07) is 81.4. The highest BCUT2D eigenvalue weighted by Crippen LogP contribution is 2.50. The molecule has 0 spiro atoms. The third-order valence-electron chi connectivity index (χ3n) is 12.1. The van der Waals surface area contributed by atoms with Crippen molar-refractivity contribution >= 4 is 0 Å². The van der Waals surface area contributed by atoms with Crippen molar-refractivity contribution in [3.63, 3.8) is 0 Å². The molecule has 0 atom stereocenters. The van der Waals surface area contributed by atoms with Gasteiger partial charge in [0.05, 0.1) is 0 Å². The van der Waals surface area contributed by atoms with E-state index in [4.69, 9.17) is 19.9 Å². The van der Waals surface area contributed by atoms with E-state index in [1.54, 1.807) is 0 Å². The minimum absolute atomic E-state index is 0.623. The van der Waals surface area contributed by atoms with Gasteiger partial charge in [0, 0.05) is 47.0 Å². The molecular formula is C62H42N4. The Labute approximate surface area is 385 Å². The lowest BCUT2D eigenvalue weighted by Crippen LogP contribution is -1.98. The van der Waals surface area contributed by atoms with Gasteiger partial charge in [-0.2, -0.15) is 0 Å². The first-order chi connectivity index (χ1) is 32.7. The molecule has 0 bridgehead atoms. The van der Waals surface area contributed by atoms with Gasteiger partial charge < -0.3 is 0 Å². The Morgan fingerprint density at radius 1 is 0.182 bits per heavy atom. The van der Waals surface area contributed by atoms with Crippen LogP contribution >= 0.6 is 0 Å². The van der Waals surface area contributed by atoms with Crippen molar-refractivity contribution in [2.45, 2.75) is 0 Å². The van der Waals surface area contributed by atoms with Crippen LogP contribution in [0.5, 0.6) is 0 Å². The Balaban J connectivity index is 1.12. The van der Waals surface area contributed by atoms with Gasteiger partial charge in [0.2, 0.25) is 0 Å². The molecule has 0 radical (unpaired) electrons. The van der Waals surface area contributed by atoms with Gasteiger partial charge in [-0.15, -0.1) is 0 Å². The summed E-state index contributed by atoms with van der Waals surface area (Å²) in [6.07, 6.45) is 7.59. The molecule has 11 aromatic rings. The molecule has 2 heterocycles. The molecule has 310 valence electrons. The van der Waals surface area contributed by atoms with Gasteiger partial charge in [0.15, 0.2) is 11.6 Å². The Morgan fingerprint density at radius 2 is 0.485 bits per heavy atom. The smallest absolute Gasteiger partial charge is 0.159 e. The van der Waals surface area contributed by atoms with E-state index in [0.29, 0.717) is 11.6 Å². The predicted octanol–water partition coefficient (Wildman–Crippen LogP) is 15.9. The normalized spacial score (nSPS) is 11.0. The lowest BCUT2D eigenvalue weighted by Gasteiger charge is -2.24. The van der Waals surface area contributed by atoms with Gasteiger partial charge in [-0.05, 0) is 108 Å². The Morgan fingerprint density at radius 3 is 0.909 bits per heavy atom. The summed E-state index contributed by atoms with van der Waals surface area (Å²) in [4.78, 5) is 19.7. The van der Waals surface area contributed by atoms with E-state index in [9.17, 15) is 0 Å². The first-order valence-electron chi connectivity index (χ1n) is 22.2. The maximum Gasteiger partial charge on any atom is 0.159 e. The summed E-state index contributed by atoms with van der Waals surface area (Å²) in [7, 11) is 0. The summed E-state index contributed by atoms with van der Waals surface area (Å²) >= 11 is 0. The van der Waals surface area contributed by atoms with Crippen molar-refractivity contribution < 1.29 is 0 Å². The van der Waals surface area contributed by atoms with Crippen LogP contribution in [0.15, 0.2) is 255 Å². The Bertz CT molecular complexity index is 3300. The molecule has 9 aromatic carbocycles. The summed E-state index contributed by atoms with van der Waals surface area (Å²) in [6.45, 7) is 0. The van der Waals surface area contributed by atoms with E-state index in [-0.39, 0.29) is 0 Å². The Hall–Kier alpha value is -8.86. The van der Waals surface area contributed by atoms with Crippen LogP contribution in [0.4, 0.5) is 0 Å². The zero-order chi connectivity index (χ0) is 44.1. The quantitative estimate of drug-likeness (QED) is 0.138. The molecule has 11 rings (SSSR count). The van der Waals surface area contributed by atoms with Crippen LogP contribution in [0.1, 0.15) is 0 Å². The van der Waals surface area contributed by atoms with Gasteiger partial charge in [0.1, 0.15) is 0 Å². The minimum Gasteiger partial charge on any atom is -0.236 e. The van der Waals surface area contributed by atoms with E-state index >= 15 is 0 Å². The maximum atomic E-state index is 4.92. The van der Waals surface area contributed by atoms with E-state index in [1.807, 2.05) is 61.2 Å². The van der Waals surface area contributed by atoms with Crippen molar-refractivity contribution in [1.29, 1.82) is 0 Å². The second-order valence-corrected chi connectivity index (χ2v) is 16.3. The number of hydrogen-bond donors (Lipinski definition) is 0. The van der Waals surface area contributed by atoms with Crippen LogP contribution in [-0.2, 0) is 0 Å². The standard InChI is InChI=1S/C62H42N4/c1-7-20-43(21-8-1)54-39-63-61(64-40-54)52-35-51(36-53(37-52)62-65-41-55(42-66-62)44-22-9-2-10-23-44)49-32-19-33-50(34-49)57-38-56(45-24-11-3-12-25-45)58(46-26-13-4-14-27-46)60(48-30-17-6-18-31-48)59(57)47-28-15-5-16-29-47/h1-42H. The van der Waals surface area contributed by atoms with E-state index in [0.717, 1.165) is 83.5 Å². The topological polar surface area (TPSA) is 51.6 Å². The van der Waals surface area contributed by atoms with Crippen molar-refractivity contribution in [3.05, 3.63) is 255 Å². The molecule has 4 heteroatoms. The van der Waals surface area contributed by atoms with E-state index in [1.165, 1.54) is 16.7 Å². The number of aromatic nitrogens is 4. The van der Waals surface area contributed by atoms with Crippen molar-refractivity contribution in [1.82, 2.24) is 19.9 Å². The fraction of sp³-hybridized carbons (Fsp3) is 0. The third-order valence-corrected chi connectivity index (χ3v) is 12.1. The van der Waals surface area contributed by atoms with Crippen LogP contribution in [-0.4, -0.2) is 19.9 Å². The summed E-state index contributed by atoms with van der Waals surface area (Å²) in [5.41, 5.74) is 19.4. The molecule has 4 nitrogen and oxygen atoms in total. The molecule has 0 fully saturated rings. The number of benzene rings is 9. The molecule has 0 aliphatic carbocycles. The summed E-state index contributed by atoms with van der Waals surface area (Å²) in [5, 5.41) is 0. The zero-order valence-corrected chi connectivity index (χ0v) is 36.0. The van der Waals surface area contributed by atoms with Crippen LogP contribution in [0, 0.1) is 0 Å². The monoisotopic (exact) mass is 842 g/mol. The third kappa shape index (κ3) is 8.11. The van der Waals surface area contributed by atoms with Crippen LogP contribution < -0.4 is 0 Å². The number of rotatable bonds is 10. The summed E-state index contributed by atoms with van der Waals surface area (Å²) < 4.78 is 0. The van der Waals surface area contributed by atoms with Gasteiger partial charge in [-0.1, -0.05) is 200 Å². The average Bonchev–Trinajstić information content (AvgIpc) is 3.42. The first-order valence-corrected chi connectivity index (χ1v) is 22.2. The van der Waals surface area contributed by atoms with Crippen LogP contribution in [0.3, 0.4) is 0 Å². The molecule has 0 aliphatic rings. The van der Waals surface area contributed by atoms with E-state index < -0.39 is 0 Å². The van der Waals surface area contributed by atoms with Crippen molar-refractivity contribution in [2.24, 2.45) is 0 Å². The Kier molecular flexibility index (Phi) is 10.9. The molecule has 0 saturated carbocycles. The molecular weight excluding hydrogens is 801 g/mol. The van der Waals surface area contributed by atoms with Gasteiger partial charge in [-0.25, -0.2) is 19.9 Å². The largest absolute Gasteiger partial charge is 0.236 e. The highest BCUT2D eigenvalue weighted by Gasteiger charge is 2.24. The lowest BCUT2D eigenvalue weighted by molar-refractivity contribution is 1.17. The zero-order valence-electron chi connectivity index (χ0n) is 36.0. The highest BCUT2D eigenvalue weighted by molar-refractivity contribution is 6.07. The number of nitrogens with zero attached hydrogens (tertiary/aromatic N) is 4. The van der Waals surface area contributed by atoms with Crippen LogP contribution in [0.2, 0.25) is 0 Å². The molecule has 0 N–H and O–H groups in total.